The molecule has 3 nitrogen and oxygen atoms in total. The summed E-state index contributed by atoms with van der Waals surface area (Å²) in [5.41, 5.74) is 0.358. The SMILES string of the molecule is CC(C)(C)C1CCC(C(O)CCC(=O)O)CC1. The summed E-state index contributed by atoms with van der Waals surface area (Å²) in [7, 11) is 0. The number of rotatable bonds is 4. The van der Waals surface area contributed by atoms with Gasteiger partial charge in [-0.15, -0.1) is 0 Å². The quantitative estimate of drug-likeness (QED) is 0.796. The minimum atomic E-state index is -0.813. The second-order valence-electron chi connectivity index (χ2n) is 6.48. The van der Waals surface area contributed by atoms with Crippen LogP contribution in [0.25, 0.3) is 0 Å². The molecule has 1 rings (SSSR count). The Balaban J connectivity index is 2.33. The summed E-state index contributed by atoms with van der Waals surface area (Å²) in [6, 6.07) is 0. The lowest BCUT2D eigenvalue weighted by molar-refractivity contribution is -0.137. The molecule has 1 saturated carbocycles. The fourth-order valence-electron chi connectivity index (χ4n) is 2.88. The molecule has 1 aliphatic rings. The van der Waals surface area contributed by atoms with Gasteiger partial charge in [-0.3, -0.25) is 4.79 Å². The van der Waals surface area contributed by atoms with Gasteiger partial charge in [-0.25, -0.2) is 0 Å². The van der Waals surface area contributed by atoms with Crippen molar-refractivity contribution in [2.24, 2.45) is 17.3 Å². The van der Waals surface area contributed by atoms with Crippen molar-refractivity contribution in [3.05, 3.63) is 0 Å². The summed E-state index contributed by atoms with van der Waals surface area (Å²) >= 11 is 0. The second-order valence-corrected chi connectivity index (χ2v) is 6.48. The third-order valence-electron chi connectivity index (χ3n) is 4.19. The zero-order valence-corrected chi connectivity index (χ0v) is 11.3. The molecule has 0 aromatic heterocycles. The summed E-state index contributed by atoms with van der Waals surface area (Å²) in [6.07, 6.45) is 4.48. The first-order valence-corrected chi connectivity index (χ1v) is 6.70. The first-order chi connectivity index (χ1) is 7.80. The van der Waals surface area contributed by atoms with Gasteiger partial charge in [0, 0.05) is 6.42 Å². The first-order valence-electron chi connectivity index (χ1n) is 6.70. The van der Waals surface area contributed by atoms with Crippen LogP contribution in [0.5, 0.6) is 0 Å². The van der Waals surface area contributed by atoms with Gasteiger partial charge in [-0.2, -0.15) is 0 Å². The van der Waals surface area contributed by atoms with E-state index in [0.29, 0.717) is 17.8 Å². The molecule has 0 amide bonds. The van der Waals surface area contributed by atoms with E-state index in [2.05, 4.69) is 20.8 Å². The molecule has 2 N–H and O–H groups in total. The van der Waals surface area contributed by atoms with E-state index in [0.717, 1.165) is 31.6 Å². The number of carboxylic acids is 1. The zero-order chi connectivity index (χ0) is 13.1. The van der Waals surface area contributed by atoms with Crippen LogP contribution in [0.2, 0.25) is 0 Å². The van der Waals surface area contributed by atoms with E-state index in [1.807, 2.05) is 0 Å². The monoisotopic (exact) mass is 242 g/mol. The fourth-order valence-corrected chi connectivity index (χ4v) is 2.88. The highest BCUT2D eigenvalue weighted by Crippen LogP contribution is 2.41. The minimum Gasteiger partial charge on any atom is -0.481 e. The molecule has 0 bridgehead atoms. The number of hydrogen-bond acceptors (Lipinski definition) is 2. The standard InChI is InChI=1S/C14H26O3/c1-14(2,3)11-6-4-10(5-7-11)12(15)8-9-13(16)17/h10-12,15H,4-9H2,1-3H3,(H,16,17). The van der Waals surface area contributed by atoms with Crippen LogP contribution < -0.4 is 0 Å². The smallest absolute Gasteiger partial charge is 0.303 e. The average Bonchev–Trinajstić information content (AvgIpc) is 2.25. The molecule has 0 spiro atoms. The van der Waals surface area contributed by atoms with Gasteiger partial charge in [0.05, 0.1) is 6.10 Å². The Morgan fingerprint density at radius 3 is 2.18 bits per heavy atom. The second kappa shape index (κ2) is 5.85. The van der Waals surface area contributed by atoms with Crippen LogP contribution in [-0.2, 0) is 4.79 Å². The summed E-state index contributed by atoms with van der Waals surface area (Å²) in [4.78, 5) is 10.5. The van der Waals surface area contributed by atoms with Crippen LogP contribution in [0.15, 0.2) is 0 Å². The zero-order valence-electron chi connectivity index (χ0n) is 11.3. The van der Waals surface area contributed by atoms with Gasteiger partial charge in [0.15, 0.2) is 0 Å². The Labute approximate surface area is 104 Å². The molecule has 0 aromatic rings. The lowest BCUT2D eigenvalue weighted by Gasteiger charge is -2.38. The highest BCUT2D eigenvalue weighted by atomic mass is 16.4. The number of aliphatic hydroxyl groups excluding tert-OH is 1. The lowest BCUT2D eigenvalue weighted by atomic mass is 9.68. The van der Waals surface area contributed by atoms with Crippen molar-refractivity contribution in [3.63, 3.8) is 0 Å². The van der Waals surface area contributed by atoms with Crippen LogP contribution >= 0.6 is 0 Å². The number of hydrogen-bond donors (Lipinski definition) is 2. The highest BCUT2D eigenvalue weighted by molar-refractivity contribution is 5.66. The largest absolute Gasteiger partial charge is 0.481 e. The summed E-state index contributed by atoms with van der Waals surface area (Å²) in [5, 5.41) is 18.5. The van der Waals surface area contributed by atoms with Crippen LogP contribution in [0, 0.1) is 17.3 Å². The molecular formula is C14H26O3. The molecule has 0 radical (unpaired) electrons. The van der Waals surface area contributed by atoms with Gasteiger partial charge in [0.1, 0.15) is 0 Å². The maximum absolute atomic E-state index is 10.5. The van der Waals surface area contributed by atoms with E-state index in [4.69, 9.17) is 5.11 Å². The molecule has 1 aliphatic carbocycles. The molecule has 1 atom stereocenters. The van der Waals surface area contributed by atoms with Crippen molar-refractivity contribution in [1.82, 2.24) is 0 Å². The van der Waals surface area contributed by atoms with E-state index in [1.54, 1.807) is 0 Å². The topological polar surface area (TPSA) is 57.5 Å². The minimum absolute atomic E-state index is 0.0837. The van der Waals surface area contributed by atoms with Crippen LogP contribution in [0.3, 0.4) is 0 Å². The predicted molar refractivity (Wildman–Crippen MR) is 67.8 cm³/mol. The highest BCUT2D eigenvalue weighted by Gasteiger charge is 2.32. The Bertz CT molecular complexity index is 247. The average molecular weight is 242 g/mol. The molecule has 3 heteroatoms. The Kier molecular flexibility index (Phi) is 4.99. The summed E-state index contributed by atoms with van der Waals surface area (Å²) in [6.45, 7) is 6.83. The maximum Gasteiger partial charge on any atom is 0.303 e. The first kappa shape index (κ1) is 14.5. The van der Waals surface area contributed by atoms with Crippen molar-refractivity contribution in [3.8, 4) is 0 Å². The normalized spacial score (nSPS) is 27.8. The van der Waals surface area contributed by atoms with E-state index < -0.39 is 12.1 Å². The van der Waals surface area contributed by atoms with E-state index in [9.17, 15) is 9.90 Å². The molecule has 1 fully saturated rings. The molecule has 0 aromatic carbocycles. The van der Waals surface area contributed by atoms with Crippen molar-refractivity contribution < 1.29 is 15.0 Å². The van der Waals surface area contributed by atoms with Crippen molar-refractivity contribution in [1.29, 1.82) is 0 Å². The molecule has 0 saturated heterocycles. The molecule has 100 valence electrons. The van der Waals surface area contributed by atoms with Crippen molar-refractivity contribution >= 4 is 5.97 Å². The van der Waals surface area contributed by atoms with Gasteiger partial charge < -0.3 is 10.2 Å². The molecular weight excluding hydrogens is 216 g/mol. The van der Waals surface area contributed by atoms with Crippen LogP contribution in [0.4, 0.5) is 0 Å². The van der Waals surface area contributed by atoms with E-state index >= 15 is 0 Å². The summed E-state index contributed by atoms with van der Waals surface area (Å²) < 4.78 is 0. The molecule has 0 heterocycles. The van der Waals surface area contributed by atoms with Crippen LogP contribution in [-0.4, -0.2) is 22.3 Å². The third kappa shape index (κ3) is 4.66. The summed E-state index contributed by atoms with van der Waals surface area (Å²) in [5.74, 6) is 0.241. The molecule has 0 aliphatic heterocycles. The predicted octanol–water partition coefficient (Wildman–Crippen LogP) is 3.06. The van der Waals surface area contributed by atoms with Crippen molar-refractivity contribution in [2.75, 3.05) is 0 Å². The van der Waals surface area contributed by atoms with Crippen molar-refractivity contribution in [2.45, 2.75) is 65.4 Å². The maximum atomic E-state index is 10.5. The molecule has 17 heavy (non-hydrogen) atoms. The van der Waals surface area contributed by atoms with Gasteiger partial charge in [-0.1, -0.05) is 20.8 Å². The van der Waals surface area contributed by atoms with Gasteiger partial charge in [0.2, 0.25) is 0 Å². The Morgan fingerprint density at radius 1 is 1.24 bits per heavy atom. The van der Waals surface area contributed by atoms with E-state index in [-0.39, 0.29) is 6.42 Å². The number of aliphatic hydroxyl groups is 1. The molecule has 1 unspecified atom stereocenters. The third-order valence-corrected chi connectivity index (χ3v) is 4.19. The Morgan fingerprint density at radius 2 is 1.76 bits per heavy atom. The fraction of sp³-hybridized carbons (Fsp3) is 0.929. The number of aliphatic carboxylic acids is 1. The van der Waals surface area contributed by atoms with Crippen LogP contribution in [0.1, 0.15) is 59.3 Å². The number of carbonyl (C=O) groups is 1. The van der Waals surface area contributed by atoms with Gasteiger partial charge in [-0.05, 0) is 49.4 Å². The number of carboxylic acid groups (broad SMARTS) is 1. The Hall–Kier alpha value is -0.570. The van der Waals surface area contributed by atoms with Gasteiger partial charge >= 0.3 is 5.97 Å². The van der Waals surface area contributed by atoms with Gasteiger partial charge in [0.25, 0.3) is 0 Å². The lowest BCUT2D eigenvalue weighted by Crippen LogP contribution is -2.31. The van der Waals surface area contributed by atoms with E-state index in [1.165, 1.54) is 0 Å².